The Bertz CT molecular complexity index is 1960. The summed E-state index contributed by atoms with van der Waals surface area (Å²) in [5.74, 6) is -1.20. The summed E-state index contributed by atoms with van der Waals surface area (Å²) in [6, 6.07) is 37.8. The first-order valence-corrected chi connectivity index (χ1v) is 20.0. The Hall–Kier alpha value is -5.19. The number of carbonyl (C=O) groups is 3. The molecule has 0 bridgehead atoms. The second-order valence-corrected chi connectivity index (χ2v) is 14.8. The van der Waals surface area contributed by atoms with E-state index >= 15 is 0 Å². The van der Waals surface area contributed by atoms with Gasteiger partial charge < -0.3 is 47.4 Å². The van der Waals surface area contributed by atoms with Crippen molar-refractivity contribution < 1.29 is 61.8 Å². The number of rotatable bonds is 18. The molecule has 3 aliphatic heterocycles. The number of benzene rings is 4. The van der Waals surface area contributed by atoms with Crippen molar-refractivity contribution in [3.8, 4) is 0 Å². The lowest BCUT2D eigenvalue weighted by Crippen LogP contribution is -2.64. The van der Waals surface area contributed by atoms with Crippen molar-refractivity contribution in [3.05, 3.63) is 144 Å². The highest BCUT2D eigenvalue weighted by Gasteiger charge is 2.59. The molecule has 7 rings (SSSR count). The van der Waals surface area contributed by atoms with Crippen molar-refractivity contribution in [1.29, 1.82) is 0 Å². The van der Waals surface area contributed by atoms with Crippen LogP contribution >= 0.6 is 0 Å². The van der Waals surface area contributed by atoms with Crippen LogP contribution in [0.4, 0.5) is 4.79 Å². The maximum absolute atomic E-state index is 13.7. The van der Waals surface area contributed by atoms with Gasteiger partial charge in [0, 0.05) is 27.5 Å². The van der Waals surface area contributed by atoms with Crippen LogP contribution in [0.3, 0.4) is 0 Å². The van der Waals surface area contributed by atoms with Crippen LogP contribution in [0.15, 0.2) is 121 Å². The first-order chi connectivity index (χ1) is 29.3. The van der Waals surface area contributed by atoms with Crippen LogP contribution < -0.4 is 0 Å². The van der Waals surface area contributed by atoms with Crippen molar-refractivity contribution in [1.82, 2.24) is 4.90 Å². The fourth-order valence-electron chi connectivity index (χ4n) is 7.67. The molecule has 3 saturated heterocycles. The van der Waals surface area contributed by atoms with E-state index in [0.717, 1.165) is 22.3 Å². The van der Waals surface area contributed by atoms with E-state index in [1.807, 2.05) is 121 Å². The van der Waals surface area contributed by atoms with Gasteiger partial charge in [0.1, 0.15) is 43.2 Å². The summed E-state index contributed by atoms with van der Waals surface area (Å²) >= 11 is 0. The lowest BCUT2D eigenvalue weighted by Gasteiger charge is -2.47. The van der Waals surface area contributed by atoms with Gasteiger partial charge in [0.05, 0.1) is 26.4 Å². The van der Waals surface area contributed by atoms with Crippen molar-refractivity contribution in [3.63, 3.8) is 0 Å². The third-order valence-electron chi connectivity index (χ3n) is 10.5. The summed E-state index contributed by atoms with van der Waals surface area (Å²) in [6.07, 6.45) is -9.04. The highest BCUT2D eigenvalue weighted by atomic mass is 16.7. The molecular weight excluding hydrogens is 774 g/mol. The molecule has 0 spiro atoms. The molecule has 0 radical (unpaired) electrons. The van der Waals surface area contributed by atoms with Gasteiger partial charge in [-0.1, -0.05) is 121 Å². The topological polar surface area (TPSA) is 147 Å². The van der Waals surface area contributed by atoms with Crippen molar-refractivity contribution >= 4 is 18.0 Å². The number of carbonyl (C=O) groups excluding carboxylic acids is 3. The Morgan fingerprint density at radius 1 is 0.567 bits per heavy atom. The molecule has 0 N–H and O–H groups in total. The minimum absolute atomic E-state index is 0.143. The first-order valence-electron chi connectivity index (χ1n) is 20.0. The van der Waals surface area contributed by atoms with Crippen LogP contribution in [-0.2, 0) is 83.3 Å². The Morgan fingerprint density at radius 2 is 1.05 bits per heavy atom. The first kappa shape index (κ1) is 42.9. The van der Waals surface area contributed by atoms with Crippen LogP contribution in [0.5, 0.6) is 0 Å². The van der Waals surface area contributed by atoms with Gasteiger partial charge in [-0.25, -0.2) is 4.79 Å². The summed E-state index contributed by atoms with van der Waals surface area (Å²) in [7, 11) is 1.54. The van der Waals surface area contributed by atoms with Crippen LogP contribution in [0.25, 0.3) is 0 Å². The summed E-state index contributed by atoms with van der Waals surface area (Å²) in [6.45, 7) is 2.92. The highest BCUT2D eigenvalue weighted by molar-refractivity contribution is 5.72. The summed E-state index contributed by atoms with van der Waals surface area (Å²) in [5.41, 5.74) is 3.65. The molecule has 0 aliphatic carbocycles. The van der Waals surface area contributed by atoms with E-state index in [4.69, 9.17) is 47.4 Å². The molecule has 4 aromatic carbocycles. The van der Waals surface area contributed by atoms with Crippen LogP contribution in [0.2, 0.25) is 0 Å². The summed E-state index contributed by atoms with van der Waals surface area (Å²) in [5, 5.41) is 0. The quantitative estimate of drug-likeness (QED) is 0.0889. The average molecular weight is 826 g/mol. The van der Waals surface area contributed by atoms with E-state index in [-0.39, 0.29) is 39.6 Å². The van der Waals surface area contributed by atoms with Gasteiger partial charge in [0.15, 0.2) is 24.8 Å². The Kier molecular flexibility index (Phi) is 14.9. The van der Waals surface area contributed by atoms with Gasteiger partial charge in [-0.15, -0.1) is 0 Å². The monoisotopic (exact) mass is 825 g/mol. The van der Waals surface area contributed by atoms with E-state index in [2.05, 4.69) is 0 Å². The smallest absolute Gasteiger partial charge is 0.411 e. The third-order valence-corrected chi connectivity index (χ3v) is 10.5. The van der Waals surface area contributed by atoms with Crippen molar-refractivity contribution in [2.45, 2.75) is 102 Å². The Balaban J connectivity index is 1.20. The van der Waals surface area contributed by atoms with Gasteiger partial charge >= 0.3 is 18.0 Å². The minimum atomic E-state index is -1.17. The SMILES string of the molecule is CO[C@H]1O[C@H](CO[C@H]2O[C@H](COC(C)=O)[C@@H](OC(C)=O)[C@@H]3OC(=O)N(Cc4ccccc4)[C@@H]23)[C@@H](OCc2ccccc2)[C@H](OCc2ccccc2)[C@H]1OCc1ccccc1. The zero-order chi connectivity index (χ0) is 41.8. The van der Waals surface area contributed by atoms with Crippen LogP contribution in [0.1, 0.15) is 36.1 Å². The fraction of sp³-hybridized carbons (Fsp3) is 0.413. The summed E-state index contributed by atoms with van der Waals surface area (Å²) < 4.78 is 62.8. The number of methoxy groups -OCH3 is 1. The largest absolute Gasteiger partial charge is 0.463 e. The maximum Gasteiger partial charge on any atom is 0.411 e. The van der Waals surface area contributed by atoms with E-state index in [0.29, 0.717) is 0 Å². The van der Waals surface area contributed by atoms with Gasteiger partial charge in [0.25, 0.3) is 0 Å². The van der Waals surface area contributed by atoms with Gasteiger partial charge in [0.2, 0.25) is 0 Å². The Labute approximate surface area is 349 Å². The molecule has 318 valence electrons. The second kappa shape index (κ2) is 20.9. The molecule has 14 nitrogen and oxygen atoms in total. The lowest BCUT2D eigenvalue weighted by atomic mass is 9.95. The number of fused-ring (bicyclic) bond motifs is 1. The van der Waals surface area contributed by atoms with Gasteiger partial charge in [-0.05, 0) is 22.3 Å². The molecule has 14 heteroatoms. The number of hydrogen-bond acceptors (Lipinski definition) is 13. The van der Waals surface area contributed by atoms with Crippen molar-refractivity contribution in [2.24, 2.45) is 0 Å². The molecule has 0 unspecified atom stereocenters. The number of amides is 1. The van der Waals surface area contributed by atoms with E-state index in [1.165, 1.54) is 25.9 Å². The van der Waals surface area contributed by atoms with Gasteiger partial charge in [-0.3, -0.25) is 14.5 Å². The zero-order valence-electron chi connectivity index (χ0n) is 33.8. The highest BCUT2D eigenvalue weighted by Crippen LogP contribution is 2.38. The predicted octanol–water partition coefficient (Wildman–Crippen LogP) is 5.74. The second-order valence-electron chi connectivity index (χ2n) is 14.8. The predicted molar refractivity (Wildman–Crippen MR) is 214 cm³/mol. The molecule has 10 atom stereocenters. The standard InChI is InChI=1S/C46H51NO13/c1-30(48)52-28-37-40(57-31(2)49)41-38(47(46(50)60-41)24-32-16-8-4-9-17-32)44(58-37)56-29-36-39(53-25-33-18-10-5-11-19-33)42(54-26-34-20-12-6-13-21-34)43(45(51-3)59-36)55-27-35-22-14-7-15-23-35/h4-23,36-45H,24-29H2,1-3H3/t36-,37-,38-,39-,40-,41-,42+,43-,44+,45+/m1/s1. The molecule has 3 aliphatic rings. The molecule has 0 saturated carbocycles. The van der Waals surface area contributed by atoms with Crippen molar-refractivity contribution in [2.75, 3.05) is 20.3 Å². The number of ether oxygens (including phenoxy) is 10. The molecule has 3 fully saturated rings. The maximum atomic E-state index is 13.7. The molecule has 1 amide bonds. The molecule has 0 aromatic heterocycles. The average Bonchev–Trinajstić information content (AvgIpc) is 3.59. The van der Waals surface area contributed by atoms with E-state index in [1.54, 1.807) is 0 Å². The molecule has 60 heavy (non-hydrogen) atoms. The van der Waals surface area contributed by atoms with Gasteiger partial charge in [-0.2, -0.15) is 0 Å². The third kappa shape index (κ3) is 10.9. The van der Waals surface area contributed by atoms with Crippen LogP contribution in [-0.4, -0.2) is 105 Å². The minimum Gasteiger partial charge on any atom is -0.463 e. The zero-order valence-corrected chi connectivity index (χ0v) is 33.8. The fourth-order valence-corrected chi connectivity index (χ4v) is 7.67. The Morgan fingerprint density at radius 3 is 1.57 bits per heavy atom. The molecule has 4 aromatic rings. The van der Waals surface area contributed by atoms with Crippen LogP contribution in [0, 0.1) is 0 Å². The summed E-state index contributed by atoms with van der Waals surface area (Å²) in [4.78, 5) is 39.5. The van der Waals surface area contributed by atoms with E-state index in [9.17, 15) is 14.4 Å². The lowest BCUT2D eigenvalue weighted by molar-refractivity contribution is -0.334. The number of esters is 2. The normalized spacial score (nSPS) is 27.4. The number of hydrogen-bond donors (Lipinski definition) is 0. The molecular formula is C46H51NO13. The van der Waals surface area contributed by atoms with E-state index < -0.39 is 79.4 Å². The molecule has 3 heterocycles. The number of nitrogens with zero attached hydrogens (tertiary/aromatic N) is 1.